The standard InChI is InChI=1S/C11H21NO/c1-3-4-5-6-7-10-8-9-12(2)11(10)13/h10H,3-9H2,1-2H3. The molecule has 1 fully saturated rings. The van der Waals surface area contributed by atoms with Gasteiger partial charge in [-0.25, -0.2) is 0 Å². The minimum atomic E-state index is 0.349. The summed E-state index contributed by atoms with van der Waals surface area (Å²) < 4.78 is 0. The molecule has 0 aromatic heterocycles. The first-order chi connectivity index (χ1) is 6.25. The van der Waals surface area contributed by atoms with Crippen LogP contribution >= 0.6 is 0 Å². The first-order valence-electron chi connectivity index (χ1n) is 5.50. The Balaban J connectivity index is 2.12. The molecule has 0 aliphatic carbocycles. The molecule has 0 bridgehead atoms. The Kier molecular flexibility index (Phi) is 4.26. The Morgan fingerprint density at radius 2 is 2.15 bits per heavy atom. The van der Waals surface area contributed by atoms with Gasteiger partial charge in [-0.05, 0) is 12.8 Å². The summed E-state index contributed by atoms with van der Waals surface area (Å²) in [6.07, 6.45) is 7.32. The van der Waals surface area contributed by atoms with Gasteiger partial charge in [0.15, 0.2) is 0 Å². The summed E-state index contributed by atoms with van der Waals surface area (Å²) in [7, 11) is 1.91. The zero-order valence-corrected chi connectivity index (χ0v) is 8.88. The maximum Gasteiger partial charge on any atom is 0.225 e. The molecule has 76 valence electrons. The lowest BCUT2D eigenvalue weighted by Crippen LogP contribution is -2.22. The molecule has 1 saturated heterocycles. The SMILES string of the molecule is CCCCCCC1CCN(C)C1=O. The van der Waals surface area contributed by atoms with E-state index < -0.39 is 0 Å². The van der Waals surface area contributed by atoms with Gasteiger partial charge >= 0.3 is 0 Å². The highest BCUT2D eigenvalue weighted by atomic mass is 16.2. The van der Waals surface area contributed by atoms with Gasteiger partial charge in [-0.15, -0.1) is 0 Å². The van der Waals surface area contributed by atoms with E-state index in [0.29, 0.717) is 11.8 Å². The Bertz CT molecular complexity index is 167. The number of amides is 1. The summed E-state index contributed by atoms with van der Waals surface area (Å²) in [5.74, 6) is 0.721. The van der Waals surface area contributed by atoms with Crippen LogP contribution in [0.4, 0.5) is 0 Å². The van der Waals surface area contributed by atoms with Crippen molar-refractivity contribution in [2.75, 3.05) is 13.6 Å². The van der Waals surface area contributed by atoms with Crippen LogP contribution in [0.2, 0.25) is 0 Å². The highest BCUT2D eigenvalue weighted by molar-refractivity contribution is 5.80. The fraction of sp³-hybridized carbons (Fsp3) is 0.909. The molecule has 1 amide bonds. The number of unbranched alkanes of at least 4 members (excludes halogenated alkanes) is 3. The van der Waals surface area contributed by atoms with Gasteiger partial charge in [-0.3, -0.25) is 4.79 Å². The molecule has 13 heavy (non-hydrogen) atoms. The van der Waals surface area contributed by atoms with Gasteiger partial charge in [-0.2, -0.15) is 0 Å². The van der Waals surface area contributed by atoms with Crippen molar-refractivity contribution in [3.8, 4) is 0 Å². The maximum atomic E-state index is 11.5. The Hall–Kier alpha value is -0.530. The summed E-state index contributed by atoms with van der Waals surface area (Å²) in [4.78, 5) is 13.4. The van der Waals surface area contributed by atoms with Crippen molar-refractivity contribution in [1.29, 1.82) is 0 Å². The molecule has 0 aromatic carbocycles. The van der Waals surface area contributed by atoms with Crippen LogP contribution in [0.5, 0.6) is 0 Å². The largest absolute Gasteiger partial charge is 0.345 e. The molecule has 2 nitrogen and oxygen atoms in total. The molecule has 0 radical (unpaired) electrons. The molecule has 1 aliphatic heterocycles. The van der Waals surface area contributed by atoms with Crippen LogP contribution in [-0.4, -0.2) is 24.4 Å². The van der Waals surface area contributed by atoms with Crippen LogP contribution in [0.25, 0.3) is 0 Å². The maximum absolute atomic E-state index is 11.5. The zero-order valence-electron chi connectivity index (χ0n) is 8.88. The fourth-order valence-corrected chi connectivity index (χ4v) is 1.98. The third kappa shape index (κ3) is 3.02. The van der Waals surface area contributed by atoms with E-state index in [0.717, 1.165) is 19.4 Å². The van der Waals surface area contributed by atoms with Gasteiger partial charge in [0, 0.05) is 19.5 Å². The number of carbonyl (C=O) groups excluding carboxylic acids is 1. The predicted molar refractivity (Wildman–Crippen MR) is 54.5 cm³/mol. The second kappa shape index (κ2) is 5.25. The van der Waals surface area contributed by atoms with E-state index in [1.165, 1.54) is 25.7 Å². The van der Waals surface area contributed by atoms with Crippen molar-refractivity contribution in [1.82, 2.24) is 4.90 Å². The average Bonchev–Trinajstić information content (AvgIpc) is 2.43. The third-order valence-corrected chi connectivity index (χ3v) is 2.94. The van der Waals surface area contributed by atoms with Crippen LogP contribution in [0.1, 0.15) is 45.4 Å². The summed E-state index contributed by atoms with van der Waals surface area (Å²) in [6.45, 7) is 3.19. The topological polar surface area (TPSA) is 20.3 Å². The first-order valence-corrected chi connectivity index (χ1v) is 5.50. The number of hydrogen-bond acceptors (Lipinski definition) is 1. The third-order valence-electron chi connectivity index (χ3n) is 2.94. The molecule has 1 heterocycles. The molecule has 1 unspecified atom stereocenters. The van der Waals surface area contributed by atoms with Crippen LogP contribution < -0.4 is 0 Å². The van der Waals surface area contributed by atoms with Crippen molar-refractivity contribution >= 4 is 5.91 Å². The van der Waals surface area contributed by atoms with E-state index in [1.54, 1.807) is 0 Å². The van der Waals surface area contributed by atoms with Gasteiger partial charge in [-0.1, -0.05) is 32.6 Å². The van der Waals surface area contributed by atoms with Gasteiger partial charge in [0.1, 0.15) is 0 Å². The van der Waals surface area contributed by atoms with Crippen molar-refractivity contribution in [3.05, 3.63) is 0 Å². The van der Waals surface area contributed by atoms with Crippen LogP contribution in [-0.2, 0) is 4.79 Å². The smallest absolute Gasteiger partial charge is 0.225 e. The number of carbonyl (C=O) groups is 1. The van der Waals surface area contributed by atoms with Gasteiger partial charge in [0.2, 0.25) is 5.91 Å². The predicted octanol–water partition coefficient (Wildman–Crippen LogP) is 2.44. The van der Waals surface area contributed by atoms with Crippen LogP contribution in [0, 0.1) is 5.92 Å². The monoisotopic (exact) mass is 183 g/mol. The molecule has 0 saturated carbocycles. The molecule has 2 heteroatoms. The minimum Gasteiger partial charge on any atom is -0.345 e. The van der Waals surface area contributed by atoms with E-state index in [9.17, 15) is 4.79 Å². The van der Waals surface area contributed by atoms with E-state index >= 15 is 0 Å². The number of likely N-dealkylation sites (tertiary alicyclic amines) is 1. The molecule has 0 aromatic rings. The van der Waals surface area contributed by atoms with E-state index in [-0.39, 0.29) is 0 Å². The van der Waals surface area contributed by atoms with Crippen molar-refractivity contribution in [2.24, 2.45) is 5.92 Å². The Morgan fingerprint density at radius 1 is 1.38 bits per heavy atom. The average molecular weight is 183 g/mol. The fourth-order valence-electron chi connectivity index (χ4n) is 1.98. The summed E-state index contributed by atoms with van der Waals surface area (Å²) in [5, 5.41) is 0. The highest BCUT2D eigenvalue weighted by Crippen LogP contribution is 2.22. The summed E-state index contributed by atoms with van der Waals surface area (Å²) in [5.41, 5.74) is 0. The second-order valence-corrected chi connectivity index (χ2v) is 4.09. The minimum absolute atomic E-state index is 0.349. The Labute approximate surface area is 81.3 Å². The Morgan fingerprint density at radius 3 is 2.69 bits per heavy atom. The van der Waals surface area contributed by atoms with Gasteiger partial charge < -0.3 is 4.90 Å². The summed E-state index contributed by atoms with van der Waals surface area (Å²) in [6, 6.07) is 0. The lowest BCUT2D eigenvalue weighted by Gasteiger charge is -2.09. The molecule has 1 atom stereocenters. The number of rotatable bonds is 5. The van der Waals surface area contributed by atoms with E-state index in [4.69, 9.17) is 0 Å². The molecule has 0 N–H and O–H groups in total. The molecule has 0 spiro atoms. The molecule has 1 aliphatic rings. The van der Waals surface area contributed by atoms with Crippen molar-refractivity contribution in [3.63, 3.8) is 0 Å². The lowest BCUT2D eigenvalue weighted by atomic mass is 9.99. The highest BCUT2D eigenvalue weighted by Gasteiger charge is 2.27. The van der Waals surface area contributed by atoms with Crippen LogP contribution in [0.15, 0.2) is 0 Å². The number of hydrogen-bond donors (Lipinski definition) is 0. The van der Waals surface area contributed by atoms with Gasteiger partial charge in [0.05, 0.1) is 0 Å². The lowest BCUT2D eigenvalue weighted by molar-refractivity contribution is -0.130. The van der Waals surface area contributed by atoms with Crippen LogP contribution in [0.3, 0.4) is 0 Å². The quantitative estimate of drug-likeness (QED) is 0.599. The molecular weight excluding hydrogens is 162 g/mol. The normalized spacial score (nSPS) is 22.8. The van der Waals surface area contributed by atoms with E-state index in [1.807, 2.05) is 11.9 Å². The van der Waals surface area contributed by atoms with Crippen molar-refractivity contribution < 1.29 is 4.79 Å². The first kappa shape index (κ1) is 10.6. The second-order valence-electron chi connectivity index (χ2n) is 4.09. The van der Waals surface area contributed by atoms with E-state index in [2.05, 4.69) is 6.92 Å². The zero-order chi connectivity index (χ0) is 9.68. The summed E-state index contributed by atoms with van der Waals surface area (Å²) >= 11 is 0. The number of nitrogens with zero attached hydrogens (tertiary/aromatic N) is 1. The van der Waals surface area contributed by atoms with Gasteiger partial charge in [0.25, 0.3) is 0 Å². The molecular formula is C11H21NO. The van der Waals surface area contributed by atoms with Crippen molar-refractivity contribution in [2.45, 2.75) is 45.4 Å². The molecule has 1 rings (SSSR count).